The van der Waals surface area contributed by atoms with Crippen LogP contribution >= 0.6 is 11.1 Å². The highest BCUT2D eigenvalue weighted by Gasteiger charge is 2.38. The maximum Gasteiger partial charge on any atom is 0.247 e. The van der Waals surface area contributed by atoms with E-state index in [-0.39, 0.29) is 11.6 Å². The SMILES string of the molecule is Cc1cc(C)cc([Si](Cl)(c2ccc(F)cc2)c2ccc(F)cc2)c1. The largest absolute Gasteiger partial charge is 0.247 e. The van der Waals surface area contributed by atoms with E-state index in [1.54, 1.807) is 24.3 Å². The number of aryl methyl sites for hydroxylation is 2. The molecule has 0 saturated heterocycles. The van der Waals surface area contributed by atoms with Gasteiger partial charge in [0.05, 0.1) is 0 Å². The van der Waals surface area contributed by atoms with Crippen LogP contribution in [-0.2, 0) is 0 Å². The monoisotopic (exact) mass is 358 g/mol. The molecule has 122 valence electrons. The fraction of sp³-hybridized carbons (Fsp3) is 0.100. The third kappa shape index (κ3) is 3.14. The van der Waals surface area contributed by atoms with E-state index < -0.39 is 7.38 Å². The number of benzene rings is 3. The van der Waals surface area contributed by atoms with Gasteiger partial charge in [0.15, 0.2) is 0 Å². The minimum absolute atomic E-state index is 0.300. The Morgan fingerprint density at radius 1 is 0.625 bits per heavy atom. The second-order valence-corrected chi connectivity index (χ2v) is 10.8. The Labute approximate surface area is 146 Å². The lowest BCUT2D eigenvalue weighted by molar-refractivity contribution is 0.628. The van der Waals surface area contributed by atoms with Gasteiger partial charge in [0.2, 0.25) is 7.38 Å². The molecule has 0 unspecified atom stereocenters. The highest BCUT2D eigenvalue weighted by Crippen LogP contribution is 2.15. The first-order chi connectivity index (χ1) is 11.4. The quantitative estimate of drug-likeness (QED) is 0.379. The summed E-state index contributed by atoms with van der Waals surface area (Å²) in [6, 6.07) is 18.8. The van der Waals surface area contributed by atoms with Gasteiger partial charge in [-0.15, -0.1) is 11.1 Å². The molecule has 0 fully saturated rings. The van der Waals surface area contributed by atoms with Crippen LogP contribution in [-0.4, -0.2) is 7.38 Å². The van der Waals surface area contributed by atoms with Gasteiger partial charge in [0, 0.05) is 0 Å². The predicted molar refractivity (Wildman–Crippen MR) is 99.2 cm³/mol. The normalized spacial score (nSPS) is 11.5. The summed E-state index contributed by atoms with van der Waals surface area (Å²) in [6.45, 7) is 4.05. The highest BCUT2D eigenvalue weighted by atomic mass is 35.6. The van der Waals surface area contributed by atoms with E-state index in [0.717, 1.165) is 26.7 Å². The van der Waals surface area contributed by atoms with Crippen molar-refractivity contribution in [3.05, 3.63) is 89.5 Å². The van der Waals surface area contributed by atoms with E-state index in [1.807, 2.05) is 13.8 Å². The van der Waals surface area contributed by atoms with E-state index in [2.05, 4.69) is 18.2 Å². The topological polar surface area (TPSA) is 0 Å². The third-order valence-electron chi connectivity index (χ3n) is 4.10. The molecule has 0 atom stereocenters. The summed E-state index contributed by atoms with van der Waals surface area (Å²) >= 11 is 7.26. The third-order valence-corrected chi connectivity index (χ3v) is 9.41. The van der Waals surface area contributed by atoms with Crippen molar-refractivity contribution in [3.8, 4) is 0 Å². The second kappa shape index (κ2) is 6.50. The zero-order valence-electron chi connectivity index (χ0n) is 13.5. The summed E-state index contributed by atoms with van der Waals surface area (Å²) in [7, 11) is -2.85. The van der Waals surface area contributed by atoms with Crippen LogP contribution in [0.15, 0.2) is 66.7 Å². The molecular weight excluding hydrogens is 342 g/mol. The van der Waals surface area contributed by atoms with E-state index in [4.69, 9.17) is 11.1 Å². The Balaban J connectivity index is 2.27. The summed E-state index contributed by atoms with van der Waals surface area (Å²) in [4.78, 5) is 0. The smallest absolute Gasteiger partial charge is 0.207 e. The van der Waals surface area contributed by atoms with Crippen LogP contribution in [0.25, 0.3) is 0 Å². The van der Waals surface area contributed by atoms with Gasteiger partial charge in [0.1, 0.15) is 11.6 Å². The van der Waals surface area contributed by atoms with Crippen molar-refractivity contribution in [1.29, 1.82) is 0 Å². The van der Waals surface area contributed by atoms with Gasteiger partial charge in [0.25, 0.3) is 0 Å². The number of halogens is 3. The molecule has 0 nitrogen and oxygen atoms in total. The first kappa shape index (κ1) is 16.9. The standard InChI is InChI=1S/C20H17ClF2Si/c1-14-11-15(2)13-20(12-14)24(21,18-7-3-16(22)4-8-18)19-9-5-17(23)6-10-19/h3-13H,1-2H3. The molecule has 0 saturated carbocycles. The van der Waals surface area contributed by atoms with Crippen molar-refractivity contribution in [1.82, 2.24) is 0 Å². The molecule has 0 aromatic heterocycles. The van der Waals surface area contributed by atoms with Gasteiger partial charge in [-0.1, -0.05) is 53.6 Å². The lowest BCUT2D eigenvalue weighted by Gasteiger charge is -2.27. The van der Waals surface area contributed by atoms with E-state index in [1.165, 1.54) is 24.3 Å². The minimum atomic E-state index is -2.85. The first-order valence-corrected chi connectivity index (χ1v) is 10.7. The highest BCUT2D eigenvalue weighted by molar-refractivity contribution is 7.40. The van der Waals surface area contributed by atoms with Crippen molar-refractivity contribution < 1.29 is 8.78 Å². The van der Waals surface area contributed by atoms with Crippen LogP contribution in [0.1, 0.15) is 11.1 Å². The summed E-state index contributed by atoms with van der Waals surface area (Å²) in [5.74, 6) is -0.599. The Bertz CT molecular complexity index is 792. The molecule has 0 N–H and O–H groups in total. The molecule has 24 heavy (non-hydrogen) atoms. The molecule has 0 aliphatic heterocycles. The minimum Gasteiger partial charge on any atom is -0.207 e. The molecule has 3 aromatic carbocycles. The Hall–Kier alpha value is -1.97. The Kier molecular flexibility index (Phi) is 4.57. The van der Waals surface area contributed by atoms with Crippen LogP contribution in [0.2, 0.25) is 0 Å². The van der Waals surface area contributed by atoms with Gasteiger partial charge < -0.3 is 0 Å². The molecule has 3 aromatic rings. The molecule has 0 heterocycles. The summed E-state index contributed by atoms with van der Waals surface area (Å²) in [6.07, 6.45) is 0. The molecular formula is C20H17ClF2Si. The summed E-state index contributed by atoms with van der Waals surface area (Å²) in [5, 5.41) is 2.77. The van der Waals surface area contributed by atoms with Crippen LogP contribution in [0.5, 0.6) is 0 Å². The van der Waals surface area contributed by atoms with Crippen molar-refractivity contribution >= 4 is 34.0 Å². The van der Waals surface area contributed by atoms with Gasteiger partial charge in [-0.3, -0.25) is 0 Å². The number of rotatable bonds is 3. The van der Waals surface area contributed by atoms with Crippen molar-refractivity contribution in [2.45, 2.75) is 13.8 Å². The molecule has 0 spiro atoms. The van der Waals surface area contributed by atoms with Gasteiger partial charge in [-0.2, -0.15) is 0 Å². The average molecular weight is 359 g/mol. The molecule has 0 bridgehead atoms. The average Bonchev–Trinajstić information content (AvgIpc) is 2.54. The van der Waals surface area contributed by atoms with Crippen molar-refractivity contribution in [2.24, 2.45) is 0 Å². The molecule has 0 aliphatic rings. The molecule has 3 rings (SSSR count). The Morgan fingerprint density at radius 2 is 1.00 bits per heavy atom. The number of hydrogen-bond acceptors (Lipinski definition) is 0. The van der Waals surface area contributed by atoms with Crippen LogP contribution in [0.4, 0.5) is 8.78 Å². The predicted octanol–water partition coefficient (Wildman–Crippen LogP) is 3.79. The fourth-order valence-corrected chi connectivity index (χ4v) is 7.22. The van der Waals surface area contributed by atoms with E-state index >= 15 is 0 Å². The van der Waals surface area contributed by atoms with Gasteiger partial charge in [-0.25, -0.2) is 8.78 Å². The zero-order chi connectivity index (χ0) is 17.3. The zero-order valence-corrected chi connectivity index (χ0v) is 15.2. The van der Waals surface area contributed by atoms with E-state index in [9.17, 15) is 8.78 Å². The summed E-state index contributed by atoms with van der Waals surface area (Å²) < 4.78 is 26.8. The lowest BCUT2D eigenvalue weighted by Crippen LogP contribution is -2.63. The van der Waals surface area contributed by atoms with Crippen LogP contribution in [0, 0.1) is 25.5 Å². The maximum atomic E-state index is 13.4. The van der Waals surface area contributed by atoms with Crippen molar-refractivity contribution in [3.63, 3.8) is 0 Å². The molecule has 0 amide bonds. The van der Waals surface area contributed by atoms with Crippen LogP contribution < -0.4 is 15.6 Å². The lowest BCUT2D eigenvalue weighted by atomic mass is 10.2. The van der Waals surface area contributed by atoms with E-state index in [0.29, 0.717) is 0 Å². The summed E-state index contributed by atoms with van der Waals surface area (Å²) in [5.41, 5.74) is 2.23. The van der Waals surface area contributed by atoms with Crippen molar-refractivity contribution in [2.75, 3.05) is 0 Å². The fourth-order valence-electron chi connectivity index (χ4n) is 3.03. The van der Waals surface area contributed by atoms with Gasteiger partial charge >= 0.3 is 0 Å². The molecule has 0 radical (unpaired) electrons. The molecule has 0 aliphatic carbocycles. The van der Waals surface area contributed by atoms with Gasteiger partial charge in [-0.05, 0) is 53.7 Å². The second-order valence-electron chi connectivity index (χ2n) is 6.05. The number of hydrogen-bond donors (Lipinski definition) is 0. The van der Waals surface area contributed by atoms with Crippen LogP contribution in [0.3, 0.4) is 0 Å². The Morgan fingerprint density at radius 3 is 1.38 bits per heavy atom. The maximum absolute atomic E-state index is 13.4. The molecule has 4 heteroatoms. The first-order valence-electron chi connectivity index (χ1n) is 7.69.